The molecule has 0 saturated heterocycles. The van der Waals surface area contributed by atoms with E-state index in [9.17, 15) is 20.4 Å². The minimum absolute atomic E-state index is 0. The Morgan fingerprint density at radius 1 is 0.391 bits per heavy atom. The van der Waals surface area contributed by atoms with Crippen molar-refractivity contribution in [2.45, 2.75) is 231 Å². The Morgan fingerprint density at radius 3 is 0.908 bits per heavy atom. The van der Waals surface area contributed by atoms with Gasteiger partial charge in [-0.15, -0.1) is 0 Å². The van der Waals surface area contributed by atoms with Gasteiger partial charge in [0.05, 0.1) is 42.4 Å². The van der Waals surface area contributed by atoms with E-state index in [-0.39, 0.29) is 77.6 Å². The van der Waals surface area contributed by atoms with Gasteiger partial charge in [-0.1, -0.05) is 202 Å². The van der Waals surface area contributed by atoms with Crippen LogP contribution >= 0.6 is 0 Å². The fourth-order valence-electron chi connectivity index (χ4n) is 8.96. The Bertz CT molecular complexity index is 3180. The second-order valence-electron chi connectivity index (χ2n) is 29.4. The van der Waals surface area contributed by atoms with Crippen LogP contribution in [-0.4, -0.2) is 48.0 Å². The van der Waals surface area contributed by atoms with Gasteiger partial charge in [-0.3, -0.25) is 20.0 Å². The molecule has 0 radical (unpaired) electrons. The molecule has 0 atom stereocenters. The number of aliphatic imine (C=N–C) groups is 4. The zero-order valence-electron chi connectivity index (χ0n) is 57.4. The average molecular weight is 1270 g/mol. The number of benzene rings is 5. The third-order valence-electron chi connectivity index (χ3n) is 14.2. The molecule has 0 heterocycles. The number of rotatable bonds is 12. The predicted molar refractivity (Wildman–Crippen MR) is 352 cm³/mol. The van der Waals surface area contributed by atoms with Crippen molar-refractivity contribution in [2.75, 3.05) is 13.1 Å². The van der Waals surface area contributed by atoms with Crippen LogP contribution < -0.4 is 20.4 Å². The Labute approximate surface area is 545 Å². The molecule has 0 bridgehead atoms. The van der Waals surface area contributed by atoms with Crippen molar-refractivity contribution < 1.29 is 53.4 Å². The van der Waals surface area contributed by atoms with Crippen LogP contribution in [0.15, 0.2) is 92.8 Å². The fraction of sp³-hybridized carbons (Fsp3) is 0.500. The van der Waals surface area contributed by atoms with E-state index in [1.54, 1.807) is 30.6 Å². The van der Waals surface area contributed by atoms with E-state index in [0.717, 1.165) is 44.5 Å². The SMILES string of the molecule is CC#N.CC#N.CC#N.CC(=NCC(C)(C)N=Cc1cc(-c2cccc(-c3cc(C=NC(C)(C)CN=C(C)c4cc(C(C)(C)C)cc(C(C)(C)C)c4[O-])c([O-])c(C(C)(C)C)c3)c2)cc(C(C)(C)C)c1[O-])c1cc(C(C)(C)C)cc(C(C)(C)C)c1[O-].[Ni+2].[Ni+2]. The summed E-state index contributed by atoms with van der Waals surface area (Å²) >= 11 is 0. The van der Waals surface area contributed by atoms with E-state index in [4.69, 9.17) is 35.8 Å². The van der Waals surface area contributed by atoms with Gasteiger partial charge in [0.1, 0.15) is 0 Å². The topological polar surface area (TPSA) is 213 Å². The first-order valence-electron chi connectivity index (χ1n) is 29.3. The van der Waals surface area contributed by atoms with E-state index in [1.165, 1.54) is 20.8 Å². The second kappa shape index (κ2) is 31.6. The molecule has 474 valence electrons. The molecule has 11 nitrogen and oxygen atoms in total. The summed E-state index contributed by atoms with van der Waals surface area (Å²) in [6, 6.07) is 29.3. The summed E-state index contributed by atoms with van der Waals surface area (Å²) in [6.45, 7) is 54.3. The van der Waals surface area contributed by atoms with Crippen molar-refractivity contribution in [1.82, 2.24) is 0 Å². The van der Waals surface area contributed by atoms with Crippen LogP contribution in [0, 0.1) is 34.0 Å². The standard InChI is InChI=1S/C68H94N4O4.3C2H3N.2Ni/c1-41(51-33-49(61(3,4)5)35-55(59(51)75)65(15,16)17)69-39-67(21,22)71-37-47-29-45(31-53(57(47)73)63(9,10)11)43-26-25-27-44(28-43)46-30-48(58(74)54(32-46)64(12,13)14)38-72-68(23,24)40-70-42(2)52-34-50(62(6,7)8)36-56(60(52)76)66(18,19)20;3*1-2-3;;/h25-38,73-76H,39-40H2,1-24H3;3*1H3;;/q;;;;2*+2/p-4. The molecule has 13 heteroatoms. The van der Waals surface area contributed by atoms with Gasteiger partial charge in [0, 0.05) is 44.6 Å². The largest absolute Gasteiger partial charge is 2.00 e. The quantitative estimate of drug-likeness (QED) is 0.0869. The molecule has 5 aromatic rings. The summed E-state index contributed by atoms with van der Waals surface area (Å²) in [7, 11) is 0. The van der Waals surface area contributed by atoms with Gasteiger partial charge < -0.3 is 20.4 Å². The molecular formula is C74H99N7Ni2O4. The Morgan fingerprint density at radius 2 is 0.655 bits per heavy atom. The molecule has 5 rings (SSSR count). The number of nitriles is 3. The summed E-state index contributed by atoms with van der Waals surface area (Å²) in [5.74, 6) is -0.153. The van der Waals surface area contributed by atoms with Gasteiger partial charge in [0.25, 0.3) is 0 Å². The number of hydrogen-bond donors (Lipinski definition) is 0. The Balaban J connectivity index is 0.00000632. The zero-order chi connectivity index (χ0) is 65.8. The predicted octanol–water partition coefficient (Wildman–Crippen LogP) is 16.1. The molecule has 0 spiro atoms. The van der Waals surface area contributed by atoms with Crippen molar-refractivity contribution in [1.29, 1.82) is 15.8 Å². The van der Waals surface area contributed by atoms with Crippen LogP contribution in [0.2, 0.25) is 0 Å². The van der Waals surface area contributed by atoms with Crippen LogP contribution in [0.5, 0.6) is 23.0 Å². The molecule has 5 aromatic carbocycles. The molecule has 87 heavy (non-hydrogen) atoms. The van der Waals surface area contributed by atoms with Crippen molar-refractivity contribution >= 4 is 23.9 Å². The molecule has 0 N–H and O–H groups in total. The third-order valence-corrected chi connectivity index (χ3v) is 14.2. The smallest absolute Gasteiger partial charge is 0.872 e. The number of nitrogens with zero attached hydrogens (tertiary/aromatic N) is 7. The molecule has 0 fully saturated rings. The monoisotopic (exact) mass is 1270 g/mol. The van der Waals surface area contributed by atoms with Gasteiger partial charge in [-0.05, 0) is 170 Å². The molecule has 0 aliphatic rings. The summed E-state index contributed by atoms with van der Waals surface area (Å²) < 4.78 is 0. The van der Waals surface area contributed by atoms with Gasteiger partial charge >= 0.3 is 33.0 Å². The van der Waals surface area contributed by atoms with E-state index in [2.05, 4.69) is 101 Å². The normalized spacial score (nSPS) is 12.6. The van der Waals surface area contributed by atoms with E-state index in [0.29, 0.717) is 57.9 Å². The molecule has 0 aliphatic heterocycles. The Hall–Kier alpha value is -6.56. The van der Waals surface area contributed by atoms with Gasteiger partial charge in [-0.2, -0.15) is 15.8 Å². The van der Waals surface area contributed by atoms with Gasteiger partial charge in [0.15, 0.2) is 0 Å². The maximum Gasteiger partial charge on any atom is 2.00 e. The maximum atomic E-state index is 14.3. The van der Waals surface area contributed by atoms with Crippen molar-refractivity contribution in [3.05, 3.63) is 128 Å². The summed E-state index contributed by atoms with van der Waals surface area (Å²) in [4.78, 5) is 19.9. The molecule has 0 aliphatic carbocycles. The first-order chi connectivity index (χ1) is 38.7. The molecule has 0 amide bonds. The van der Waals surface area contributed by atoms with E-state index >= 15 is 0 Å². The van der Waals surface area contributed by atoms with E-state index in [1.807, 2.05) is 138 Å². The third kappa shape index (κ3) is 23.2. The van der Waals surface area contributed by atoms with Gasteiger partial charge in [-0.25, -0.2) is 0 Å². The first kappa shape index (κ1) is 80.4. The molecule has 0 aromatic heterocycles. The van der Waals surface area contributed by atoms with Gasteiger partial charge in [0.2, 0.25) is 0 Å². The van der Waals surface area contributed by atoms with Crippen LogP contribution in [0.1, 0.15) is 243 Å². The van der Waals surface area contributed by atoms with Crippen LogP contribution in [0.3, 0.4) is 0 Å². The van der Waals surface area contributed by atoms with Crippen LogP contribution in [0.25, 0.3) is 22.3 Å². The maximum absolute atomic E-state index is 14.3. The molecular weight excluding hydrogens is 1170 g/mol. The van der Waals surface area contributed by atoms with Crippen molar-refractivity contribution in [3.8, 4) is 63.5 Å². The Kier molecular flexibility index (Phi) is 29.2. The molecule has 0 unspecified atom stereocenters. The minimum Gasteiger partial charge on any atom is -0.872 e. The van der Waals surface area contributed by atoms with Crippen LogP contribution in [0.4, 0.5) is 0 Å². The second-order valence-corrected chi connectivity index (χ2v) is 29.4. The molecule has 0 saturated carbocycles. The van der Waals surface area contributed by atoms with Crippen molar-refractivity contribution in [2.24, 2.45) is 20.0 Å². The average Bonchev–Trinajstić information content (AvgIpc) is 1.05. The summed E-state index contributed by atoms with van der Waals surface area (Å²) in [6.07, 6.45) is 3.37. The first-order valence-corrected chi connectivity index (χ1v) is 29.3. The number of hydrogen-bond acceptors (Lipinski definition) is 11. The fourth-order valence-corrected chi connectivity index (χ4v) is 8.96. The van der Waals surface area contributed by atoms with Crippen molar-refractivity contribution in [3.63, 3.8) is 0 Å². The minimum atomic E-state index is -0.694. The van der Waals surface area contributed by atoms with E-state index < -0.39 is 21.9 Å². The zero-order valence-corrected chi connectivity index (χ0v) is 59.4. The summed E-state index contributed by atoms with van der Waals surface area (Å²) in [5.41, 5.74) is 8.88. The van der Waals surface area contributed by atoms with Crippen LogP contribution in [-0.2, 0) is 65.5 Å². The summed E-state index contributed by atoms with van der Waals surface area (Å²) in [5, 5.41) is 78.3.